The Labute approximate surface area is 210 Å². The lowest BCUT2D eigenvalue weighted by atomic mass is 10.1. The molecule has 0 saturated carbocycles. The molecule has 0 aliphatic rings. The van der Waals surface area contributed by atoms with Crippen molar-refractivity contribution in [1.82, 2.24) is 0 Å². The second-order valence-electron chi connectivity index (χ2n) is 6.79. The summed E-state index contributed by atoms with van der Waals surface area (Å²) in [5.41, 5.74) is 2.00. The number of anilines is 1. The molecule has 0 heterocycles. The van der Waals surface area contributed by atoms with Crippen molar-refractivity contribution in [2.24, 2.45) is 0 Å². The number of nitrogens with one attached hydrogen (secondary N) is 1. The molecule has 0 aliphatic heterocycles. The molecule has 0 fully saturated rings. The maximum absolute atomic E-state index is 12.5. The quantitative estimate of drug-likeness (QED) is 0.238. The first-order chi connectivity index (χ1) is 15.9. The highest BCUT2D eigenvalue weighted by molar-refractivity contribution is 9.10. The van der Waals surface area contributed by atoms with Crippen molar-refractivity contribution >= 4 is 56.8 Å². The molecule has 0 atom stereocenters. The van der Waals surface area contributed by atoms with Gasteiger partial charge in [-0.05, 0) is 76.5 Å². The van der Waals surface area contributed by atoms with E-state index in [2.05, 4.69) is 21.2 Å². The van der Waals surface area contributed by atoms with E-state index in [0.29, 0.717) is 43.9 Å². The van der Waals surface area contributed by atoms with Crippen molar-refractivity contribution in [3.05, 3.63) is 91.9 Å². The summed E-state index contributed by atoms with van der Waals surface area (Å²) < 4.78 is 12.3. The third kappa shape index (κ3) is 6.75. The molecule has 0 bridgehead atoms. The molecule has 3 aromatic rings. The standard InChI is InChI=1S/C25H19BrCl2N2O3/c1-2-32-23-13-17(10-18(14-29)25(31)30-19-6-4-3-5-7-19)11-20(26)24(23)33-15-16-8-9-21(27)22(28)12-16/h3-13H,2,15H2,1H3,(H,30,31)/b18-10-. The van der Waals surface area contributed by atoms with Crippen LogP contribution in [0.1, 0.15) is 18.1 Å². The Bertz CT molecular complexity index is 1220. The highest BCUT2D eigenvalue weighted by Gasteiger charge is 2.15. The lowest BCUT2D eigenvalue weighted by Gasteiger charge is -2.15. The maximum atomic E-state index is 12.5. The Morgan fingerprint density at radius 3 is 2.52 bits per heavy atom. The highest BCUT2D eigenvalue weighted by Crippen LogP contribution is 2.38. The molecule has 0 unspecified atom stereocenters. The smallest absolute Gasteiger partial charge is 0.266 e. The van der Waals surface area contributed by atoms with Gasteiger partial charge in [0.15, 0.2) is 11.5 Å². The summed E-state index contributed by atoms with van der Waals surface area (Å²) in [6.45, 7) is 2.50. The van der Waals surface area contributed by atoms with E-state index in [0.717, 1.165) is 5.56 Å². The molecular weight excluding hydrogens is 527 g/mol. The van der Waals surface area contributed by atoms with E-state index in [1.54, 1.807) is 48.5 Å². The second-order valence-corrected chi connectivity index (χ2v) is 8.46. The predicted octanol–water partition coefficient (Wildman–Crippen LogP) is 7.28. The molecule has 0 aromatic heterocycles. The van der Waals surface area contributed by atoms with Crippen LogP contribution < -0.4 is 14.8 Å². The van der Waals surface area contributed by atoms with E-state index in [-0.39, 0.29) is 12.2 Å². The first-order valence-corrected chi connectivity index (χ1v) is 11.5. The topological polar surface area (TPSA) is 71.3 Å². The number of para-hydroxylation sites is 1. The van der Waals surface area contributed by atoms with Gasteiger partial charge >= 0.3 is 0 Å². The Hall–Kier alpha value is -2.98. The molecule has 0 radical (unpaired) electrons. The Morgan fingerprint density at radius 1 is 1.09 bits per heavy atom. The minimum absolute atomic E-state index is 0.0438. The first-order valence-electron chi connectivity index (χ1n) is 9.92. The summed E-state index contributed by atoms with van der Waals surface area (Å²) in [5.74, 6) is 0.462. The van der Waals surface area contributed by atoms with Crippen molar-refractivity contribution in [3.8, 4) is 17.6 Å². The van der Waals surface area contributed by atoms with Crippen LogP contribution in [-0.2, 0) is 11.4 Å². The molecule has 0 spiro atoms. The average molecular weight is 546 g/mol. The summed E-state index contributed by atoms with van der Waals surface area (Å²) in [6, 6.07) is 19.6. The van der Waals surface area contributed by atoms with Gasteiger partial charge < -0.3 is 14.8 Å². The molecular formula is C25H19BrCl2N2O3. The molecule has 8 heteroatoms. The number of halogens is 3. The van der Waals surface area contributed by atoms with Crippen LogP contribution in [0.2, 0.25) is 10.0 Å². The van der Waals surface area contributed by atoms with Crippen LogP contribution in [0.25, 0.3) is 6.08 Å². The van der Waals surface area contributed by atoms with Gasteiger partial charge in [0.05, 0.1) is 21.1 Å². The van der Waals surface area contributed by atoms with E-state index in [4.69, 9.17) is 32.7 Å². The molecule has 0 aliphatic carbocycles. The molecule has 1 N–H and O–H groups in total. The van der Waals surface area contributed by atoms with Gasteiger partial charge in [0.2, 0.25) is 0 Å². The summed E-state index contributed by atoms with van der Waals surface area (Å²) in [5, 5.41) is 13.1. The number of rotatable bonds is 8. The normalized spacial score (nSPS) is 10.9. The zero-order valence-corrected chi connectivity index (χ0v) is 20.7. The van der Waals surface area contributed by atoms with Crippen LogP contribution in [0, 0.1) is 11.3 Å². The minimum atomic E-state index is -0.502. The van der Waals surface area contributed by atoms with Crippen LogP contribution in [-0.4, -0.2) is 12.5 Å². The Kier molecular flexibility index (Phi) is 8.79. The van der Waals surface area contributed by atoms with Crippen molar-refractivity contribution in [2.75, 3.05) is 11.9 Å². The van der Waals surface area contributed by atoms with Crippen LogP contribution in [0.15, 0.2) is 70.7 Å². The van der Waals surface area contributed by atoms with Crippen LogP contribution >= 0.6 is 39.1 Å². The SMILES string of the molecule is CCOc1cc(/C=C(/C#N)C(=O)Nc2ccccc2)cc(Br)c1OCc1ccc(Cl)c(Cl)c1. The van der Waals surface area contributed by atoms with E-state index in [9.17, 15) is 10.1 Å². The molecule has 0 saturated heterocycles. The van der Waals surface area contributed by atoms with Crippen molar-refractivity contribution in [1.29, 1.82) is 5.26 Å². The van der Waals surface area contributed by atoms with Gasteiger partial charge in [-0.15, -0.1) is 0 Å². The third-order valence-electron chi connectivity index (χ3n) is 4.41. The number of amides is 1. The van der Waals surface area contributed by atoms with E-state index >= 15 is 0 Å². The number of ether oxygens (including phenoxy) is 2. The van der Waals surface area contributed by atoms with Crippen molar-refractivity contribution in [3.63, 3.8) is 0 Å². The fourth-order valence-corrected chi connectivity index (χ4v) is 3.79. The van der Waals surface area contributed by atoms with Gasteiger partial charge in [0.25, 0.3) is 5.91 Å². The maximum Gasteiger partial charge on any atom is 0.266 e. The average Bonchev–Trinajstić information content (AvgIpc) is 2.80. The molecule has 3 rings (SSSR count). The second kappa shape index (κ2) is 11.8. The van der Waals surface area contributed by atoms with Crippen LogP contribution in [0.4, 0.5) is 5.69 Å². The van der Waals surface area contributed by atoms with Gasteiger partial charge in [-0.1, -0.05) is 47.5 Å². The summed E-state index contributed by atoms with van der Waals surface area (Å²) in [6.07, 6.45) is 1.49. The fourth-order valence-electron chi connectivity index (χ4n) is 2.89. The van der Waals surface area contributed by atoms with Crippen LogP contribution in [0.5, 0.6) is 11.5 Å². The number of benzene rings is 3. The van der Waals surface area contributed by atoms with E-state index in [1.165, 1.54) is 6.08 Å². The number of carbonyl (C=O) groups is 1. The Morgan fingerprint density at radius 2 is 1.85 bits per heavy atom. The zero-order valence-electron chi connectivity index (χ0n) is 17.6. The van der Waals surface area contributed by atoms with Crippen molar-refractivity contribution < 1.29 is 14.3 Å². The Balaban J connectivity index is 1.84. The molecule has 5 nitrogen and oxygen atoms in total. The van der Waals surface area contributed by atoms with Gasteiger partial charge in [0.1, 0.15) is 18.2 Å². The van der Waals surface area contributed by atoms with Gasteiger partial charge in [-0.2, -0.15) is 5.26 Å². The summed E-state index contributed by atoms with van der Waals surface area (Å²) >= 11 is 15.6. The lowest BCUT2D eigenvalue weighted by Crippen LogP contribution is -2.13. The largest absolute Gasteiger partial charge is 0.490 e. The fraction of sp³-hybridized carbons (Fsp3) is 0.120. The number of hydrogen-bond donors (Lipinski definition) is 1. The van der Waals surface area contributed by atoms with Gasteiger partial charge in [-0.3, -0.25) is 4.79 Å². The predicted molar refractivity (Wildman–Crippen MR) is 135 cm³/mol. The number of nitrogens with zero attached hydrogens (tertiary/aromatic N) is 1. The molecule has 3 aromatic carbocycles. The molecule has 168 valence electrons. The van der Waals surface area contributed by atoms with Gasteiger partial charge in [0, 0.05) is 5.69 Å². The number of hydrogen-bond acceptors (Lipinski definition) is 4. The van der Waals surface area contributed by atoms with Crippen LogP contribution in [0.3, 0.4) is 0 Å². The third-order valence-corrected chi connectivity index (χ3v) is 5.73. The summed E-state index contributed by atoms with van der Waals surface area (Å²) in [7, 11) is 0. The van der Waals surface area contributed by atoms with E-state index < -0.39 is 5.91 Å². The highest BCUT2D eigenvalue weighted by atomic mass is 79.9. The monoisotopic (exact) mass is 544 g/mol. The van der Waals surface area contributed by atoms with E-state index in [1.807, 2.05) is 25.1 Å². The summed E-state index contributed by atoms with van der Waals surface area (Å²) in [4.78, 5) is 12.5. The number of carbonyl (C=O) groups excluding carboxylic acids is 1. The molecule has 33 heavy (non-hydrogen) atoms. The zero-order chi connectivity index (χ0) is 23.8. The lowest BCUT2D eigenvalue weighted by molar-refractivity contribution is -0.112. The number of nitriles is 1. The first kappa shape index (κ1) is 24.7. The van der Waals surface area contributed by atoms with Gasteiger partial charge in [-0.25, -0.2) is 0 Å². The minimum Gasteiger partial charge on any atom is -0.490 e. The van der Waals surface area contributed by atoms with Crippen molar-refractivity contribution in [2.45, 2.75) is 13.5 Å². The molecule has 1 amide bonds.